The molecular weight excluding hydrogens is 236 g/mol. The van der Waals surface area contributed by atoms with Crippen molar-refractivity contribution in [3.63, 3.8) is 0 Å². The van der Waals surface area contributed by atoms with Crippen molar-refractivity contribution in [2.75, 3.05) is 26.3 Å². The maximum absolute atomic E-state index is 12.0. The number of aliphatic carboxylic acids is 1. The first-order valence-electron chi connectivity index (χ1n) is 6.53. The van der Waals surface area contributed by atoms with Gasteiger partial charge in [-0.2, -0.15) is 0 Å². The summed E-state index contributed by atoms with van der Waals surface area (Å²) in [5.74, 6) is -1.06. The normalized spacial score (nSPS) is 28.8. The Morgan fingerprint density at radius 2 is 1.94 bits per heavy atom. The third-order valence-electron chi connectivity index (χ3n) is 3.65. The van der Waals surface area contributed by atoms with Gasteiger partial charge in [-0.25, -0.2) is 4.79 Å². The molecular formula is C12H20N2O4. The van der Waals surface area contributed by atoms with Gasteiger partial charge in [0.2, 0.25) is 0 Å². The molecule has 2 rings (SSSR count). The molecule has 1 aliphatic heterocycles. The number of urea groups is 1. The molecule has 1 saturated carbocycles. The largest absolute Gasteiger partial charge is 0.481 e. The van der Waals surface area contributed by atoms with Gasteiger partial charge in [-0.05, 0) is 19.3 Å². The number of morpholine rings is 1. The minimum Gasteiger partial charge on any atom is -0.481 e. The molecule has 2 N–H and O–H groups in total. The van der Waals surface area contributed by atoms with Gasteiger partial charge in [-0.3, -0.25) is 4.79 Å². The summed E-state index contributed by atoms with van der Waals surface area (Å²) in [5.41, 5.74) is 0. The highest BCUT2D eigenvalue weighted by atomic mass is 16.5. The van der Waals surface area contributed by atoms with Crippen LogP contribution < -0.4 is 5.32 Å². The van der Waals surface area contributed by atoms with Crippen molar-refractivity contribution in [3.05, 3.63) is 0 Å². The lowest BCUT2D eigenvalue weighted by molar-refractivity contribution is -0.143. The Labute approximate surface area is 106 Å². The van der Waals surface area contributed by atoms with Crippen molar-refractivity contribution in [3.8, 4) is 0 Å². The Morgan fingerprint density at radius 3 is 2.61 bits per heavy atom. The second-order valence-electron chi connectivity index (χ2n) is 4.95. The summed E-state index contributed by atoms with van der Waals surface area (Å²) in [7, 11) is 0. The van der Waals surface area contributed by atoms with Gasteiger partial charge in [0.1, 0.15) is 0 Å². The molecule has 0 unspecified atom stereocenters. The second kappa shape index (κ2) is 6.04. The van der Waals surface area contributed by atoms with Gasteiger partial charge >= 0.3 is 12.0 Å². The highest BCUT2D eigenvalue weighted by molar-refractivity contribution is 5.75. The van der Waals surface area contributed by atoms with E-state index in [1.807, 2.05) is 0 Å². The lowest BCUT2D eigenvalue weighted by Crippen LogP contribution is -2.50. The SMILES string of the molecule is O=C(O)[C@@H]1CCC[C@H](NC(=O)N2CCOCC2)C1. The molecule has 2 fully saturated rings. The predicted molar refractivity (Wildman–Crippen MR) is 64.3 cm³/mol. The number of hydrogen-bond donors (Lipinski definition) is 2. The Hall–Kier alpha value is -1.30. The molecule has 6 nitrogen and oxygen atoms in total. The van der Waals surface area contributed by atoms with Crippen LogP contribution in [-0.4, -0.2) is 54.4 Å². The van der Waals surface area contributed by atoms with Crippen LogP contribution >= 0.6 is 0 Å². The molecule has 1 heterocycles. The number of carboxylic acid groups (broad SMARTS) is 1. The monoisotopic (exact) mass is 256 g/mol. The molecule has 2 atom stereocenters. The van der Waals surface area contributed by atoms with Crippen LogP contribution in [0.25, 0.3) is 0 Å². The van der Waals surface area contributed by atoms with Crippen molar-refractivity contribution >= 4 is 12.0 Å². The molecule has 0 radical (unpaired) electrons. The van der Waals surface area contributed by atoms with Gasteiger partial charge in [0.25, 0.3) is 0 Å². The Balaban J connectivity index is 1.81. The van der Waals surface area contributed by atoms with Crippen molar-refractivity contribution in [1.82, 2.24) is 10.2 Å². The highest BCUT2D eigenvalue weighted by Gasteiger charge is 2.29. The van der Waals surface area contributed by atoms with Crippen LogP contribution in [0.1, 0.15) is 25.7 Å². The van der Waals surface area contributed by atoms with Gasteiger partial charge in [-0.1, -0.05) is 6.42 Å². The Morgan fingerprint density at radius 1 is 1.22 bits per heavy atom. The first-order chi connectivity index (χ1) is 8.66. The molecule has 18 heavy (non-hydrogen) atoms. The number of ether oxygens (including phenoxy) is 1. The first kappa shape index (κ1) is 13.1. The minimum absolute atomic E-state index is 0.00445. The lowest BCUT2D eigenvalue weighted by Gasteiger charge is -2.32. The van der Waals surface area contributed by atoms with Crippen molar-refractivity contribution in [1.29, 1.82) is 0 Å². The van der Waals surface area contributed by atoms with Crippen LogP contribution in [0.15, 0.2) is 0 Å². The van der Waals surface area contributed by atoms with Gasteiger partial charge in [0.05, 0.1) is 19.1 Å². The highest BCUT2D eigenvalue weighted by Crippen LogP contribution is 2.24. The molecule has 0 bridgehead atoms. The van der Waals surface area contributed by atoms with Crippen LogP contribution in [0.4, 0.5) is 4.79 Å². The van der Waals surface area contributed by atoms with E-state index in [9.17, 15) is 9.59 Å². The quantitative estimate of drug-likeness (QED) is 0.761. The van der Waals surface area contributed by atoms with E-state index in [1.165, 1.54) is 0 Å². The van der Waals surface area contributed by atoms with Crippen LogP contribution in [0, 0.1) is 5.92 Å². The number of carboxylic acids is 1. The van der Waals surface area contributed by atoms with E-state index >= 15 is 0 Å². The van der Waals surface area contributed by atoms with Crippen molar-refractivity contribution in [2.45, 2.75) is 31.7 Å². The average molecular weight is 256 g/mol. The van der Waals surface area contributed by atoms with Gasteiger partial charge in [0, 0.05) is 19.1 Å². The summed E-state index contributed by atoms with van der Waals surface area (Å²) in [6.45, 7) is 2.38. The number of carbonyl (C=O) groups excluding carboxylic acids is 1. The maximum Gasteiger partial charge on any atom is 0.317 e. The van der Waals surface area contributed by atoms with Crippen LogP contribution in [0.5, 0.6) is 0 Å². The zero-order valence-electron chi connectivity index (χ0n) is 10.4. The van der Waals surface area contributed by atoms with Crippen molar-refractivity contribution in [2.24, 2.45) is 5.92 Å². The Bertz CT molecular complexity index is 315. The third kappa shape index (κ3) is 3.35. The summed E-state index contributed by atoms with van der Waals surface area (Å²) in [6, 6.07) is -0.0930. The maximum atomic E-state index is 12.0. The fourth-order valence-electron chi connectivity index (χ4n) is 2.58. The van der Waals surface area contributed by atoms with Crippen LogP contribution in [-0.2, 0) is 9.53 Å². The fraction of sp³-hybridized carbons (Fsp3) is 0.833. The van der Waals surface area contributed by atoms with E-state index in [1.54, 1.807) is 4.90 Å². The summed E-state index contributed by atoms with van der Waals surface area (Å²) in [5, 5.41) is 11.9. The smallest absolute Gasteiger partial charge is 0.317 e. The molecule has 1 aliphatic carbocycles. The van der Waals surface area contributed by atoms with Crippen molar-refractivity contribution < 1.29 is 19.4 Å². The molecule has 0 aromatic carbocycles. The molecule has 2 aliphatic rings. The van der Waals surface area contributed by atoms with E-state index < -0.39 is 5.97 Å². The lowest BCUT2D eigenvalue weighted by atomic mass is 9.86. The predicted octanol–water partition coefficient (Wildman–Crippen LogP) is 0.672. The minimum atomic E-state index is -0.750. The molecule has 0 aromatic heterocycles. The van der Waals surface area contributed by atoms with E-state index in [-0.39, 0.29) is 18.0 Å². The molecule has 102 valence electrons. The van der Waals surface area contributed by atoms with Gasteiger partial charge in [-0.15, -0.1) is 0 Å². The first-order valence-corrected chi connectivity index (χ1v) is 6.53. The Kier molecular flexibility index (Phi) is 4.41. The van der Waals surface area contributed by atoms with Gasteiger partial charge in [0.15, 0.2) is 0 Å². The van der Waals surface area contributed by atoms with Gasteiger partial charge < -0.3 is 20.1 Å². The summed E-state index contributed by atoms with van der Waals surface area (Å²) in [6.07, 6.45) is 3.01. The zero-order chi connectivity index (χ0) is 13.0. The number of nitrogens with zero attached hydrogens (tertiary/aromatic N) is 1. The van der Waals surface area contributed by atoms with E-state index in [0.717, 1.165) is 19.3 Å². The summed E-state index contributed by atoms with van der Waals surface area (Å²) < 4.78 is 5.19. The molecule has 1 saturated heterocycles. The zero-order valence-corrected chi connectivity index (χ0v) is 10.4. The number of nitrogens with one attached hydrogen (secondary N) is 1. The van der Waals surface area contributed by atoms with Crippen LogP contribution in [0.3, 0.4) is 0 Å². The second-order valence-corrected chi connectivity index (χ2v) is 4.95. The summed E-state index contributed by atoms with van der Waals surface area (Å²) in [4.78, 5) is 24.6. The fourth-order valence-corrected chi connectivity index (χ4v) is 2.58. The van der Waals surface area contributed by atoms with E-state index in [0.29, 0.717) is 32.7 Å². The number of hydrogen-bond acceptors (Lipinski definition) is 3. The standard InChI is InChI=1S/C12H20N2O4/c15-11(16)9-2-1-3-10(8-9)13-12(17)14-4-6-18-7-5-14/h9-10H,1-8H2,(H,13,17)(H,15,16)/t9-,10+/m1/s1. The number of rotatable bonds is 2. The molecule has 0 spiro atoms. The topological polar surface area (TPSA) is 78.9 Å². The molecule has 6 heteroatoms. The third-order valence-corrected chi connectivity index (χ3v) is 3.65. The number of carbonyl (C=O) groups is 2. The summed E-state index contributed by atoms with van der Waals surface area (Å²) >= 11 is 0. The molecule has 0 aromatic rings. The van der Waals surface area contributed by atoms with E-state index in [2.05, 4.69) is 5.32 Å². The average Bonchev–Trinajstić information content (AvgIpc) is 2.40. The number of amides is 2. The molecule has 2 amide bonds. The van der Waals surface area contributed by atoms with E-state index in [4.69, 9.17) is 9.84 Å². The van der Waals surface area contributed by atoms with Crippen LogP contribution in [0.2, 0.25) is 0 Å².